The van der Waals surface area contributed by atoms with Crippen LogP contribution in [0, 0.1) is 5.41 Å². The number of rotatable bonds is 7. The predicted molar refractivity (Wildman–Crippen MR) is 152 cm³/mol. The van der Waals surface area contributed by atoms with Crippen LogP contribution < -0.4 is 11.1 Å². The molecule has 4 aromatic rings. The Kier molecular flexibility index (Phi) is 7.34. The maximum atomic E-state index is 12.4. The first-order chi connectivity index (χ1) is 18.3. The van der Waals surface area contributed by atoms with E-state index < -0.39 is 5.41 Å². The lowest BCUT2D eigenvalue weighted by Gasteiger charge is -2.23. The van der Waals surface area contributed by atoms with Crippen molar-refractivity contribution in [2.24, 2.45) is 5.41 Å². The maximum absolute atomic E-state index is 12.4. The van der Waals surface area contributed by atoms with Crippen molar-refractivity contribution >= 4 is 11.7 Å². The summed E-state index contributed by atoms with van der Waals surface area (Å²) in [6.07, 6.45) is 3.25. The van der Waals surface area contributed by atoms with Gasteiger partial charge in [-0.2, -0.15) is 0 Å². The monoisotopic (exact) mass is 508 g/mol. The van der Waals surface area contributed by atoms with Gasteiger partial charge in [-0.25, -0.2) is 4.98 Å². The third kappa shape index (κ3) is 5.81. The highest BCUT2D eigenvalue weighted by Gasteiger charge is 2.36. The van der Waals surface area contributed by atoms with Crippen molar-refractivity contribution in [3.05, 3.63) is 108 Å². The van der Waals surface area contributed by atoms with E-state index in [1.165, 1.54) is 16.7 Å². The van der Waals surface area contributed by atoms with Crippen LogP contribution in [-0.4, -0.2) is 28.7 Å². The van der Waals surface area contributed by atoms with Crippen molar-refractivity contribution in [3.8, 4) is 11.3 Å². The minimum Gasteiger partial charge on any atom is -0.445 e. The minimum atomic E-state index is -0.545. The number of nitrogens with one attached hydrogen (secondary N) is 2. The van der Waals surface area contributed by atoms with Gasteiger partial charge in [0.05, 0.1) is 23.2 Å². The third-order valence-electron chi connectivity index (χ3n) is 7.20. The number of benzene rings is 3. The first-order valence-corrected chi connectivity index (χ1v) is 13.3. The van der Waals surface area contributed by atoms with Crippen LogP contribution in [0.5, 0.6) is 0 Å². The smallest absolute Gasteiger partial charge is 0.312 e. The molecule has 2 unspecified atom stereocenters. The number of ether oxygens (including phenoxy) is 1. The van der Waals surface area contributed by atoms with Gasteiger partial charge in [0.1, 0.15) is 5.82 Å². The van der Waals surface area contributed by atoms with Gasteiger partial charge in [-0.15, -0.1) is 0 Å². The van der Waals surface area contributed by atoms with E-state index in [9.17, 15) is 4.79 Å². The molecule has 1 fully saturated rings. The molecule has 0 bridgehead atoms. The fourth-order valence-electron chi connectivity index (χ4n) is 4.94. The molecule has 6 nitrogen and oxygen atoms in total. The van der Waals surface area contributed by atoms with E-state index in [4.69, 9.17) is 10.5 Å². The molecule has 4 N–H and O–H groups in total. The summed E-state index contributed by atoms with van der Waals surface area (Å²) in [6, 6.07) is 27.5. The standard InChI is InChI=1S/C32H36N4O2/c1-32(2,3)31(37)38-30-26(17-18-34-30)29-35-20-28(36-29)24-13-11-23(12-14-24)27(22-7-5-4-6-8-22)19-21-9-15-25(33)16-10-21/h4-16,20,26-27,30,34H,17-19,33H2,1-3H3,(H,35,36)/t26-,27?,30?/m0/s1. The van der Waals surface area contributed by atoms with Gasteiger partial charge in [-0.05, 0) is 74.5 Å². The molecule has 6 heteroatoms. The van der Waals surface area contributed by atoms with Gasteiger partial charge in [0.2, 0.25) is 0 Å². The van der Waals surface area contributed by atoms with E-state index in [1.54, 1.807) is 0 Å². The lowest BCUT2D eigenvalue weighted by atomic mass is 9.85. The zero-order chi connectivity index (χ0) is 26.7. The van der Waals surface area contributed by atoms with Crippen molar-refractivity contribution in [3.63, 3.8) is 0 Å². The number of nitrogen functional groups attached to an aromatic ring is 1. The molecule has 2 heterocycles. The average Bonchev–Trinajstić information content (AvgIpc) is 3.58. The van der Waals surface area contributed by atoms with Gasteiger partial charge in [-0.3, -0.25) is 10.1 Å². The van der Waals surface area contributed by atoms with Crippen LogP contribution in [0.25, 0.3) is 11.3 Å². The van der Waals surface area contributed by atoms with Gasteiger partial charge in [0.25, 0.3) is 0 Å². The number of nitrogens with zero attached hydrogens (tertiary/aromatic N) is 1. The Morgan fingerprint density at radius 3 is 2.37 bits per heavy atom. The second-order valence-electron chi connectivity index (χ2n) is 11.1. The highest BCUT2D eigenvalue weighted by Crippen LogP contribution is 2.32. The lowest BCUT2D eigenvalue weighted by Crippen LogP contribution is -2.36. The summed E-state index contributed by atoms with van der Waals surface area (Å²) in [6.45, 7) is 6.39. The largest absolute Gasteiger partial charge is 0.445 e. The Morgan fingerprint density at radius 2 is 1.68 bits per heavy atom. The molecule has 5 rings (SSSR count). The Bertz CT molecular complexity index is 1360. The molecular formula is C32H36N4O2. The number of aromatic amines is 1. The number of carbonyl (C=O) groups excluding carboxylic acids is 1. The molecule has 38 heavy (non-hydrogen) atoms. The van der Waals surface area contributed by atoms with Crippen LogP contribution in [0.4, 0.5) is 5.69 Å². The number of anilines is 1. The number of aromatic nitrogens is 2. The molecule has 1 aliphatic heterocycles. The molecule has 1 aliphatic rings. The number of nitrogens with two attached hydrogens (primary N) is 1. The average molecular weight is 509 g/mol. The molecule has 0 aliphatic carbocycles. The van der Waals surface area contributed by atoms with Gasteiger partial charge < -0.3 is 15.5 Å². The highest BCUT2D eigenvalue weighted by molar-refractivity contribution is 5.75. The summed E-state index contributed by atoms with van der Waals surface area (Å²) in [4.78, 5) is 20.6. The molecular weight excluding hydrogens is 472 g/mol. The van der Waals surface area contributed by atoms with Crippen LogP contribution in [-0.2, 0) is 16.0 Å². The third-order valence-corrected chi connectivity index (χ3v) is 7.20. The molecule has 1 aromatic heterocycles. The summed E-state index contributed by atoms with van der Waals surface area (Å²) in [7, 11) is 0. The first-order valence-electron chi connectivity index (χ1n) is 13.3. The van der Waals surface area contributed by atoms with E-state index in [2.05, 4.69) is 82.0 Å². The number of hydrogen-bond donors (Lipinski definition) is 3. The van der Waals surface area contributed by atoms with Crippen LogP contribution in [0.1, 0.15) is 61.5 Å². The number of hydrogen-bond acceptors (Lipinski definition) is 5. The molecule has 0 saturated carbocycles. The predicted octanol–water partition coefficient (Wildman–Crippen LogP) is 6.03. The zero-order valence-corrected chi connectivity index (χ0v) is 22.3. The molecule has 0 spiro atoms. The summed E-state index contributed by atoms with van der Waals surface area (Å²) in [5.41, 5.74) is 12.0. The van der Waals surface area contributed by atoms with Crippen LogP contribution >= 0.6 is 0 Å². The Balaban J connectivity index is 1.35. The van der Waals surface area contributed by atoms with Gasteiger partial charge in [-0.1, -0.05) is 66.7 Å². The van der Waals surface area contributed by atoms with E-state index in [1.807, 2.05) is 39.1 Å². The molecule has 196 valence electrons. The van der Waals surface area contributed by atoms with Gasteiger partial charge in [0.15, 0.2) is 6.23 Å². The van der Waals surface area contributed by atoms with Crippen molar-refractivity contribution in [1.29, 1.82) is 0 Å². The fraction of sp³-hybridized carbons (Fsp3) is 0.312. The molecule has 0 amide bonds. The zero-order valence-electron chi connectivity index (χ0n) is 22.3. The van der Waals surface area contributed by atoms with E-state index >= 15 is 0 Å². The number of esters is 1. The lowest BCUT2D eigenvalue weighted by molar-refractivity contribution is -0.160. The molecule has 1 saturated heterocycles. The maximum Gasteiger partial charge on any atom is 0.312 e. The quantitative estimate of drug-likeness (QED) is 0.209. The summed E-state index contributed by atoms with van der Waals surface area (Å²) in [5.74, 6) is 0.855. The van der Waals surface area contributed by atoms with Crippen molar-refractivity contribution in [2.45, 2.75) is 51.7 Å². The van der Waals surface area contributed by atoms with Crippen molar-refractivity contribution < 1.29 is 9.53 Å². The number of H-pyrrole nitrogens is 1. The van der Waals surface area contributed by atoms with Gasteiger partial charge in [0, 0.05) is 11.6 Å². The highest BCUT2D eigenvalue weighted by atomic mass is 16.6. The van der Waals surface area contributed by atoms with Gasteiger partial charge >= 0.3 is 5.97 Å². The van der Waals surface area contributed by atoms with E-state index in [-0.39, 0.29) is 24.0 Å². The topological polar surface area (TPSA) is 93.0 Å². The SMILES string of the molecule is CC(C)(C)C(=O)OC1NCC[C@H]1c1ncc(-c2ccc(C(Cc3ccc(N)cc3)c3ccccc3)cc2)[nH]1. The fourth-order valence-corrected chi connectivity index (χ4v) is 4.94. The van der Waals surface area contributed by atoms with Crippen molar-refractivity contribution in [2.75, 3.05) is 12.3 Å². The van der Waals surface area contributed by atoms with E-state index in [0.717, 1.165) is 42.2 Å². The Morgan fingerprint density at radius 1 is 1.00 bits per heavy atom. The van der Waals surface area contributed by atoms with Crippen molar-refractivity contribution in [1.82, 2.24) is 15.3 Å². The minimum absolute atomic E-state index is 0.00306. The molecule has 3 aromatic carbocycles. The summed E-state index contributed by atoms with van der Waals surface area (Å²) >= 11 is 0. The van der Waals surface area contributed by atoms with Crippen LogP contribution in [0.3, 0.4) is 0 Å². The van der Waals surface area contributed by atoms with Crippen LogP contribution in [0.2, 0.25) is 0 Å². The molecule has 0 radical (unpaired) electrons. The Hall–Kier alpha value is -3.90. The molecule has 3 atom stereocenters. The summed E-state index contributed by atoms with van der Waals surface area (Å²) < 4.78 is 5.78. The normalized spacial score (nSPS) is 18.3. The van der Waals surface area contributed by atoms with E-state index in [0.29, 0.717) is 0 Å². The second-order valence-corrected chi connectivity index (χ2v) is 11.1. The number of carbonyl (C=O) groups is 1. The second kappa shape index (κ2) is 10.8. The summed E-state index contributed by atoms with van der Waals surface area (Å²) in [5, 5.41) is 3.31. The van der Waals surface area contributed by atoms with Crippen LogP contribution in [0.15, 0.2) is 85.1 Å². The number of imidazole rings is 1. The first kappa shape index (κ1) is 25.7. The Labute approximate surface area is 224 Å².